The highest BCUT2D eigenvalue weighted by atomic mass is 35.5. The first kappa shape index (κ1) is 12.7. The summed E-state index contributed by atoms with van der Waals surface area (Å²) in [5, 5.41) is 1.11. The number of para-hydroxylation sites is 1. The third kappa shape index (κ3) is 2.04. The summed E-state index contributed by atoms with van der Waals surface area (Å²) in [5.74, 6) is -0.0407. The van der Waals surface area contributed by atoms with Gasteiger partial charge in [0.1, 0.15) is 5.58 Å². The van der Waals surface area contributed by atoms with Gasteiger partial charge in [-0.2, -0.15) is 0 Å². The predicted molar refractivity (Wildman–Crippen MR) is 81.2 cm³/mol. The molecule has 0 radical (unpaired) electrons. The van der Waals surface area contributed by atoms with Gasteiger partial charge in [-0.05, 0) is 17.7 Å². The van der Waals surface area contributed by atoms with Crippen LogP contribution in [0.1, 0.15) is 21.7 Å². The van der Waals surface area contributed by atoms with Gasteiger partial charge in [-0.25, -0.2) is 0 Å². The monoisotopic (exact) mass is 282 g/mol. The molecule has 0 unspecified atom stereocenters. The smallest absolute Gasteiger partial charge is 0.229 e. The highest BCUT2D eigenvalue weighted by molar-refractivity contribution is 6.39. The molecule has 2 aromatic carbocycles. The van der Waals surface area contributed by atoms with Crippen LogP contribution in [-0.2, 0) is 0 Å². The molecule has 0 aliphatic heterocycles. The second-order valence-electron chi connectivity index (χ2n) is 4.40. The SMILES string of the molecule is C=Cc1ccc(C(=O)c2oc3ccccc3c2Cl)cc1. The topological polar surface area (TPSA) is 30.2 Å². The number of hydrogen-bond acceptors (Lipinski definition) is 2. The number of benzene rings is 2. The molecule has 0 atom stereocenters. The van der Waals surface area contributed by atoms with E-state index in [9.17, 15) is 4.79 Å². The molecule has 0 aliphatic carbocycles. The Bertz CT molecular complexity index is 797. The summed E-state index contributed by atoms with van der Waals surface area (Å²) in [5.41, 5.74) is 2.11. The van der Waals surface area contributed by atoms with Crippen molar-refractivity contribution >= 4 is 34.4 Å². The average molecular weight is 283 g/mol. The minimum atomic E-state index is -0.221. The molecule has 3 heteroatoms. The van der Waals surface area contributed by atoms with Crippen LogP contribution < -0.4 is 0 Å². The zero-order chi connectivity index (χ0) is 14.1. The summed E-state index contributed by atoms with van der Waals surface area (Å²) >= 11 is 6.23. The van der Waals surface area contributed by atoms with E-state index in [0.717, 1.165) is 10.9 Å². The van der Waals surface area contributed by atoms with Gasteiger partial charge in [0.2, 0.25) is 5.78 Å². The first-order valence-electron chi connectivity index (χ1n) is 6.15. The molecule has 0 N–H and O–H groups in total. The van der Waals surface area contributed by atoms with E-state index in [1.165, 1.54) is 0 Å². The Morgan fingerprint density at radius 3 is 2.45 bits per heavy atom. The van der Waals surface area contributed by atoms with Gasteiger partial charge in [0.05, 0.1) is 5.02 Å². The Kier molecular flexibility index (Phi) is 3.17. The Labute approximate surface area is 121 Å². The first-order valence-corrected chi connectivity index (χ1v) is 6.52. The van der Waals surface area contributed by atoms with Crippen LogP contribution in [0.5, 0.6) is 0 Å². The molecule has 0 bridgehead atoms. The molecule has 3 rings (SSSR count). The molecule has 2 nitrogen and oxygen atoms in total. The molecular formula is C17H11ClO2. The number of rotatable bonds is 3. The van der Waals surface area contributed by atoms with Gasteiger partial charge in [-0.1, -0.05) is 60.7 Å². The molecule has 0 aliphatic rings. The molecule has 1 aromatic heterocycles. The second kappa shape index (κ2) is 4.99. The van der Waals surface area contributed by atoms with Crippen LogP contribution in [0.25, 0.3) is 17.0 Å². The first-order chi connectivity index (χ1) is 9.70. The quantitative estimate of drug-likeness (QED) is 0.636. The van der Waals surface area contributed by atoms with Crippen LogP contribution in [0.4, 0.5) is 0 Å². The van der Waals surface area contributed by atoms with Crippen molar-refractivity contribution in [2.75, 3.05) is 0 Å². The third-order valence-electron chi connectivity index (χ3n) is 3.15. The van der Waals surface area contributed by atoms with Gasteiger partial charge in [0.25, 0.3) is 0 Å². The standard InChI is InChI=1S/C17H11ClO2/c1-2-11-7-9-12(10-8-11)16(19)17-15(18)13-5-3-4-6-14(13)20-17/h2-10H,1H2. The molecule has 3 aromatic rings. The van der Waals surface area contributed by atoms with Gasteiger partial charge in [0.15, 0.2) is 5.76 Å². The Balaban J connectivity index is 2.07. The van der Waals surface area contributed by atoms with Crippen LogP contribution in [-0.4, -0.2) is 5.78 Å². The Hall–Kier alpha value is -2.32. The van der Waals surface area contributed by atoms with Crippen LogP contribution >= 0.6 is 11.6 Å². The summed E-state index contributed by atoms with van der Waals surface area (Å²) in [6, 6.07) is 14.5. The molecule has 0 saturated heterocycles. The number of furan rings is 1. The Morgan fingerprint density at radius 2 is 1.80 bits per heavy atom. The van der Waals surface area contributed by atoms with Crippen LogP contribution in [0, 0.1) is 0 Å². The largest absolute Gasteiger partial charge is 0.451 e. The molecule has 0 saturated carbocycles. The maximum absolute atomic E-state index is 12.4. The zero-order valence-electron chi connectivity index (χ0n) is 10.6. The lowest BCUT2D eigenvalue weighted by Crippen LogP contribution is -2.00. The van der Waals surface area contributed by atoms with E-state index in [2.05, 4.69) is 6.58 Å². The maximum atomic E-state index is 12.4. The molecule has 0 spiro atoms. The summed E-state index contributed by atoms with van der Waals surface area (Å²) in [6.45, 7) is 3.68. The van der Waals surface area contributed by atoms with Crippen molar-refractivity contribution in [3.63, 3.8) is 0 Å². The van der Waals surface area contributed by atoms with E-state index in [0.29, 0.717) is 16.2 Å². The number of hydrogen-bond donors (Lipinski definition) is 0. The molecule has 0 fully saturated rings. The van der Waals surface area contributed by atoms with Crippen molar-refractivity contribution in [2.45, 2.75) is 0 Å². The minimum Gasteiger partial charge on any atom is -0.451 e. The third-order valence-corrected chi connectivity index (χ3v) is 3.52. The van der Waals surface area contributed by atoms with Crippen molar-refractivity contribution in [3.05, 3.63) is 77.0 Å². The summed E-state index contributed by atoms with van der Waals surface area (Å²) in [7, 11) is 0. The lowest BCUT2D eigenvalue weighted by Gasteiger charge is -1.99. The summed E-state index contributed by atoms with van der Waals surface area (Å²) < 4.78 is 5.57. The number of carbonyl (C=O) groups is 1. The highest BCUT2D eigenvalue weighted by Gasteiger charge is 2.20. The molecule has 1 heterocycles. The van der Waals surface area contributed by atoms with Gasteiger partial charge in [-0.3, -0.25) is 4.79 Å². The summed E-state index contributed by atoms with van der Waals surface area (Å²) in [6.07, 6.45) is 1.72. The van der Waals surface area contributed by atoms with Gasteiger partial charge in [0, 0.05) is 10.9 Å². The van der Waals surface area contributed by atoms with Gasteiger partial charge >= 0.3 is 0 Å². The van der Waals surface area contributed by atoms with E-state index in [4.69, 9.17) is 16.0 Å². The second-order valence-corrected chi connectivity index (χ2v) is 4.77. The fourth-order valence-corrected chi connectivity index (χ4v) is 2.34. The molecular weight excluding hydrogens is 272 g/mol. The number of halogens is 1. The fourth-order valence-electron chi connectivity index (χ4n) is 2.06. The van der Waals surface area contributed by atoms with E-state index >= 15 is 0 Å². The van der Waals surface area contributed by atoms with Crippen molar-refractivity contribution in [3.8, 4) is 0 Å². The van der Waals surface area contributed by atoms with Crippen molar-refractivity contribution in [1.29, 1.82) is 0 Å². The molecule has 98 valence electrons. The Morgan fingerprint density at radius 1 is 1.10 bits per heavy atom. The van der Waals surface area contributed by atoms with Crippen LogP contribution in [0.2, 0.25) is 5.02 Å². The number of carbonyl (C=O) groups excluding carboxylic acids is 1. The fraction of sp³-hybridized carbons (Fsp3) is 0. The average Bonchev–Trinajstić information content (AvgIpc) is 2.84. The number of ketones is 1. The van der Waals surface area contributed by atoms with E-state index in [1.807, 2.05) is 30.3 Å². The normalized spacial score (nSPS) is 10.7. The van der Waals surface area contributed by atoms with E-state index in [-0.39, 0.29) is 11.5 Å². The van der Waals surface area contributed by atoms with Crippen molar-refractivity contribution in [2.24, 2.45) is 0 Å². The van der Waals surface area contributed by atoms with Gasteiger partial charge in [-0.15, -0.1) is 0 Å². The van der Waals surface area contributed by atoms with Crippen molar-refractivity contribution < 1.29 is 9.21 Å². The summed E-state index contributed by atoms with van der Waals surface area (Å²) in [4.78, 5) is 12.4. The van der Waals surface area contributed by atoms with Crippen LogP contribution in [0.15, 0.2) is 59.5 Å². The van der Waals surface area contributed by atoms with Gasteiger partial charge < -0.3 is 4.42 Å². The van der Waals surface area contributed by atoms with E-state index < -0.39 is 0 Å². The van der Waals surface area contributed by atoms with Crippen LogP contribution in [0.3, 0.4) is 0 Å². The molecule has 20 heavy (non-hydrogen) atoms. The van der Waals surface area contributed by atoms with E-state index in [1.54, 1.807) is 24.3 Å². The predicted octanol–water partition coefficient (Wildman–Crippen LogP) is 4.96. The lowest BCUT2D eigenvalue weighted by molar-refractivity contribution is 0.101. The lowest BCUT2D eigenvalue weighted by atomic mass is 10.1. The minimum absolute atomic E-state index is 0.180. The highest BCUT2D eigenvalue weighted by Crippen LogP contribution is 2.31. The van der Waals surface area contributed by atoms with Crippen molar-refractivity contribution in [1.82, 2.24) is 0 Å². The molecule has 0 amide bonds. The number of fused-ring (bicyclic) bond motifs is 1. The zero-order valence-corrected chi connectivity index (χ0v) is 11.4. The maximum Gasteiger partial charge on any atom is 0.229 e.